The van der Waals surface area contributed by atoms with Crippen LogP contribution < -0.4 is 0 Å². The molecule has 3 nitrogen and oxygen atoms in total. The van der Waals surface area contributed by atoms with E-state index < -0.39 is 0 Å². The third-order valence-corrected chi connectivity index (χ3v) is 4.70. The molecule has 78 valence electrons. The summed E-state index contributed by atoms with van der Waals surface area (Å²) in [7, 11) is 0. The first-order valence-corrected chi connectivity index (χ1v) is 5.76. The number of fused-ring (bicyclic) bond motifs is 4. The fourth-order valence-corrected chi connectivity index (χ4v) is 4.00. The van der Waals surface area contributed by atoms with Gasteiger partial charge in [-0.3, -0.25) is 0 Å². The smallest absolute Gasteiger partial charge is 0.174 e. The molecule has 3 heteroatoms. The van der Waals surface area contributed by atoms with E-state index >= 15 is 0 Å². The lowest BCUT2D eigenvalue weighted by Crippen LogP contribution is -2.65. The maximum atomic E-state index is 5.85. The SMILES string of the molecule is C[C@H]1[C@H]2[C@H]3O[C@H]3CC[C@H]2C12OCCO2. The van der Waals surface area contributed by atoms with Crippen LogP contribution in [-0.4, -0.2) is 31.2 Å². The third kappa shape index (κ3) is 0.730. The Kier molecular flexibility index (Phi) is 1.35. The molecule has 0 amide bonds. The molecule has 0 aromatic carbocycles. The molecule has 0 aromatic rings. The van der Waals surface area contributed by atoms with Crippen molar-refractivity contribution in [3.05, 3.63) is 0 Å². The highest BCUT2D eigenvalue weighted by molar-refractivity contribution is 5.14. The second-order valence-corrected chi connectivity index (χ2v) is 5.11. The minimum absolute atomic E-state index is 0.207. The van der Waals surface area contributed by atoms with Gasteiger partial charge in [-0.25, -0.2) is 0 Å². The lowest BCUT2D eigenvalue weighted by atomic mass is 9.54. The minimum Gasteiger partial charge on any atom is -0.369 e. The Bertz CT molecular complexity index is 272. The highest BCUT2D eigenvalue weighted by Crippen LogP contribution is 2.63. The summed E-state index contributed by atoms with van der Waals surface area (Å²) >= 11 is 0. The fourth-order valence-electron chi connectivity index (χ4n) is 4.00. The molecular weight excluding hydrogens is 180 g/mol. The van der Waals surface area contributed by atoms with Crippen LogP contribution in [0.4, 0.5) is 0 Å². The van der Waals surface area contributed by atoms with E-state index in [1.54, 1.807) is 0 Å². The molecule has 4 rings (SSSR count). The molecule has 0 aromatic heterocycles. The summed E-state index contributed by atoms with van der Waals surface area (Å²) in [6.07, 6.45) is 3.57. The van der Waals surface area contributed by atoms with Gasteiger partial charge in [0.05, 0.1) is 25.4 Å². The van der Waals surface area contributed by atoms with Crippen LogP contribution in [0.25, 0.3) is 0 Å². The first kappa shape index (κ1) is 8.08. The average Bonchev–Trinajstić information content (AvgIpc) is 2.78. The Morgan fingerprint density at radius 3 is 2.71 bits per heavy atom. The first-order chi connectivity index (χ1) is 6.83. The van der Waals surface area contributed by atoms with Crippen LogP contribution in [0, 0.1) is 17.8 Å². The van der Waals surface area contributed by atoms with E-state index in [4.69, 9.17) is 14.2 Å². The van der Waals surface area contributed by atoms with Crippen molar-refractivity contribution in [1.29, 1.82) is 0 Å². The second kappa shape index (κ2) is 2.34. The summed E-state index contributed by atoms with van der Waals surface area (Å²) < 4.78 is 17.4. The van der Waals surface area contributed by atoms with Gasteiger partial charge in [-0.05, 0) is 12.8 Å². The summed E-state index contributed by atoms with van der Waals surface area (Å²) in [6, 6.07) is 0. The van der Waals surface area contributed by atoms with Crippen LogP contribution in [0.5, 0.6) is 0 Å². The number of epoxide rings is 1. The summed E-state index contributed by atoms with van der Waals surface area (Å²) in [5.74, 6) is 1.66. The molecule has 0 radical (unpaired) electrons. The fraction of sp³-hybridized carbons (Fsp3) is 1.00. The normalized spacial score (nSPS) is 57.6. The lowest BCUT2D eigenvalue weighted by Gasteiger charge is -2.57. The molecule has 0 unspecified atom stereocenters. The average molecular weight is 196 g/mol. The Labute approximate surface area is 83.7 Å². The maximum Gasteiger partial charge on any atom is 0.174 e. The summed E-state index contributed by atoms with van der Waals surface area (Å²) in [6.45, 7) is 3.82. The molecule has 2 saturated heterocycles. The minimum atomic E-state index is -0.207. The van der Waals surface area contributed by atoms with Gasteiger partial charge in [0.25, 0.3) is 0 Å². The van der Waals surface area contributed by atoms with Gasteiger partial charge >= 0.3 is 0 Å². The van der Waals surface area contributed by atoms with Crippen molar-refractivity contribution >= 4 is 0 Å². The van der Waals surface area contributed by atoms with Gasteiger partial charge in [0.15, 0.2) is 5.79 Å². The van der Waals surface area contributed by atoms with Crippen molar-refractivity contribution in [1.82, 2.24) is 0 Å². The number of rotatable bonds is 0. The summed E-state index contributed by atoms with van der Waals surface area (Å²) in [4.78, 5) is 0. The molecule has 14 heavy (non-hydrogen) atoms. The zero-order valence-corrected chi connectivity index (χ0v) is 8.44. The van der Waals surface area contributed by atoms with Crippen molar-refractivity contribution in [2.45, 2.75) is 37.8 Å². The maximum absolute atomic E-state index is 5.85. The molecule has 2 saturated carbocycles. The molecule has 4 aliphatic rings. The van der Waals surface area contributed by atoms with E-state index in [2.05, 4.69) is 6.92 Å². The molecule has 2 heterocycles. The van der Waals surface area contributed by atoms with Crippen LogP contribution in [0.1, 0.15) is 19.8 Å². The van der Waals surface area contributed by atoms with Gasteiger partial charge in [-0.1, -0.05) is 6.92 Å². The number of hydrogen-bond donors (Lipinski definition) is 0. The summed E-state index contributed by atoms with van der Waals surface area (Å²) in [5, 5.41) is 0. The highest BCUT2D eigenvalue weighted by Gasteiger charge is 2.71. The number of hydrogen-bond acceptors (Lipinski definition) is 3. The largest absolute Gasteiger partial charge is 0.369 e. The Morgan fingerprint density at radius 1 is 1.14 bits per heavy atom. The van der Waals surface area contributed by atoms with Crippen LogP contribution in [0.2, 0.25) is 0 Å². The molecule has 0 bridgehead atoms. The van der Waals surface area contributed by atoms with Gasteiger partial charge in [0.1, 0.15) is 0 Å². The van der Waals surface area contributed by atoms with Crippen LogP contribution >= 0.6 is 0 Å². The predicted octanol–water partition coefficient (Wildman–Crippen LogP) is 1.17. The molecule has 2 aliphatic heterocycles. The zero-order valence-electron chi connectivity index (χ0n) is 8.44. The van der Waals surface area contributed by atoms with Crippen molar-refractivity contribution in [3.8, 4) is 0 Å². The van der Waals surface area contributed by atoms with Crippen molar-refractivity contribution in [3.63, 3.8) is 0 Å². The highest BCUT2D eigenvalue weighted by atomic mass is 16.7. The Hall–Kier alpha value is -0.120. The Balaban J connectivity index is 1.65. The standard InChI is InChI=1S/C11H16O3/c1-6-9-7(2-3-8-10(9)14-8)11(6)12-4-5-13-11/h6-10H,2-5H2,1H3/t6-,7+,8-,9+,10-/m0/s1. The van der Waals surface area contributed by atoms with Crippen molar-refractivity contribution in [2.75, 3.05) is 13.2 Å². The van der Waals surface area contributed by atoms with Crippen LogP contribution in [0.15, 0.2) is 0 Å². The Morgan fingerprint density at radius 2 is 1.93 bits per heavy atom. The quantitative estimate of drug-likeness (QED) is 0.545. The van der Waals surface area contributed by atoms with E-state index in [0.29, 0.717) is 30.0 Å². The molecule has 4 fully saturated rings. The van der Waals surface area contributed by atoms with Gasteiger partial charge in [0.2, 0.25) is 0 Å². The lowest BCUT2D eigenvalue weighted by molar-refractivity contribution is -0.321. The number of ether oxygens (including phenoxy) is 3. The molecule has 5 atom stereocenters. The first-order valence-electron chi connectivity index (χ1n) is 5.76. The van der Waals surface area contributed by atoms with Gasteiger partial charge in [-0.15, -0.1) is 0 Å². The van der Waals surface area contributed by atoms with E-state index in [9.17, 15) is 0 Å². The van der Waals surface area contributed by atoms with Crippen LogP contribution in [-0.2, 0) is 14.2 Å². The second-order valence-electron chi connectivity index (χ2n) is 5.11. The van der Waals surface area contributed by atoms with E-state index in [1.165, 1.54) is 12.8 Å². The molecule has 1 spiro atoms. The van der Waals surface area contributed by atoms with Crippen LogP contribution in [0.3, 0.4) is 0 Å². The monoisotopic (exact) mass is 196 g/mol. The van der Waals surface area contributed by atoms with E-state index in [0.717, 1.165) is 13.2 Å². The molecule has 0 N–H and O–H groups in total. The topological polar surface area (TPSA) is 31.0 Å². The van der Waals surface area contributed by atoms with Crippen molar-refractivity contribution < 1.29 is 14.2 Å². The zero-order chi connectivity index (χ0) is 9.34. The van der Waals surface area contributed by atoms with Crippen molar-refractivity contribution in [2.24, 2.45) is 17.8 Å². The van der Waals surface area contributed by atoms with E-state index in [-0.39, 0.29) is 5.79 Å². The molecule has 2 aliphatic carbocycles. The summed E-state index contributed by atoms with van der Waals surface area (Å²) in [5.41, 5.74) is 0. The van der Waals surface area contributed by atoms with Gasteiger partial charge in [0, 0.05) is 17.8 Å². The predicted molar refractivity (Wildman–Crippen MR) is 48.7 cm³/mol. The third-order valence-electron chi connectivity index (χ3n) is 4.70. The van der Waals surface area contributed by atoms with Gasteiger partial charge < -0.3 is 14.2 Å². The van der Waals surface area contributed by atoms with E-state index in [1.807, 2.05) is 0 Å². The van der Waals surface area contributed by atoms with Gasteiger partial charge in [-0.2, -0.15) is 0 Å². The molecular formula is C11H16O3.